The number of nitrogens with two attached hydrogens (primary N) is 1. The fourth-order valence-electron chi connectivity index (χ4n) is 0.198. The summed E-state index contributed by atoms with van der Waals surface area (Å²) in [6, 6.07) is 0. The minimum Gasteiger partial charge on any atom is -0.402 e. The third-order valence-corrected chi connectivity index (χ3v) is 0.553. The van der Waals surface area contributed by atoms with Gasteiger partial charge in [0.1, 0.15) is 0 Å². The van der Waals surface area contributed by atoms with Gasteiger partial charge in [0.05, 0.1) is 0 Å². The molecular formula is C4H5FN2O2. The number of halogens is 1. The Labute approximate surface area is 50.5 Å². The van der Waals surface area contributed by atoms with Crippen molar-refractivity contribution in [1.29, 1.82) is 0 Å². The van der Waals surface area contributed by atoms with Crippen molar-refractivity contribution in [3.8, 4) is 0 Å². The van der Waals surface area contributed by atoms with Gasteiger partial charge in [-0.1, -0.05) is 0 Å². The summed E-state index contributed by atoms with van der Waals surface area (Å²) in [4.78, 5) is 19.6. The summed E-state index contributed by atoms with van der Waals surface area (Å²) in [6.07, 6.45) is 0.546. The summed E-state index contributed by atoms with van der Waals surface area (Å²) in [5.74, 6) is -2.31. The van der Waals surface area contributed by atoms with Crippen LogP contribution in [0.3, 0.4) is 0 Å². The van der Waals surface area contributed by atoms with Crippen LogP contribution in [-0.4, -0.2) is 12.3 Å². The van der Waals surface area contributed by atoms with E-state index in [-0.39, 0.29) is 6.41 Å². The van der Waals surface area contributed by atoms with Gasteiger partial charge in [-0.15, -0.1) is 0 Å². The Bertz CT molecular complexity index is 155. The largest absolute Gasteiger partial charge is 0.402 e. The van der Waals surface area contributed by atoms with Crippen molar-refractivity contribution in [1.82, 2.24) is 5.32 Å². The molecule has 0 fully saturated rings. The van der Waals surface area contributed by atoms with Gasteiger partial charge >= 0.3 is 0 Å². The number of rotatable bonds is 2. The molecule has 4 nitrogen and oxygen atoms in total. The van der Waals surface area contributed by atoms with Crippen LogP contribution in [0.25, 0.3) is 0 Å². The summed E-state index contributed by atoms with van der Waals surface area (Å²) in [7, 11) is 0. The molecule has 0 bridgehead atoms. The standard InChI is InChI=1S/C4H5FN2O2/c5-3(1-6)4(9)7-2-8/h1-2H,6H2,(H,7,8,9)/b3-1+. The molecule has 0 rings (SSSR count). The lowest BCUT2D eigenvalue weighted by Crippen LogP contribution is -2.21. The monoisotopic (exact) mass is 132 g/mol. The van der Waals surface area contributed by atoms with Gasteiger partial charge in [-0.2, -0.15) is 4.39 Å². The number of hydrogen-bond donors (Lipinski definition) is 2. The van der Waals surface area contributed by atoms with Crippen LogP contribution in [0.5, 0.6) is 0 Å². The smallest absolute Gasteiger partial charge is 0.287 e. The maximum absolute atomic E-state index is 11.9. The van der Waals surface area contributed by atoms with Crippen LogP contribution in [0.2, 0.25) is 0 Å². The van der Waals surface area contributed by atoms with Gasteiger partial charge in [0.15, 0.2) is 0 Å². The first-order valence-corrected chi connectivity index (χ1v) is 2.04. The van der Waals surface area contributed by atoms with E-state index >= 15 is 0 Å². The summed E-state index contributed by atoms with van der Waals surface area (Å²) in [6.45, 7) is 0. The fourth-order valence-corrected chi connectivity index (χ4v) is 0.198. The summed E-state index contributed by atoms with van der Waals surface area (Å²) in [5, 5.41) is 1.55. The minimum absolute atomic E-state index is 0.0748. The highest BCUT2D eigenvalue weighted by Crippen LogP contribution is 1.89. The molecule has 0 atom stereocenters. The average molecular weight is 132 g/mol. The zero-order chi connectivity index (χ0) is 7.28. The van der Waals surface area contributed by atoms with Crippen molar-refractivity contribution in [2.24, 2.45) is 5.73 Å². The van der Waals surface area contributed by atoms with Crippen LogP contribution in [-0.2, 0) is 9.59 Å². The van der Waals surface area contributed by atoms with Gasteiger partial charge in [-0.05, 0) is 0 Å². The first-order chi connectivity index (χ1) is 4.22. The average Bonchev–Trinajstić information content (AvgIpc) is 1.87. The lowest BCUT2D eigenvalue weighted by Gasteiger charge is -1.89. The Morgan fingerprint density at radius 2 is 2.22 bits per heavy atom. The van der Waals surface area contributed by atoms with Crippen molar-refractivity contribution in [3.05, 3.63) is 12.0 Å². The van der Waals surface area contributed by atoms with Crippen LogP contribution < -0.4 is 11.1 Å². The first-order valence-electron chi connectivity index (χ1n) is 2.04. The van der Waals surface area contributed by atoms with E-state index < -0.39 is 11.7 Å². The zero-order valence-electron chi connectivity index (χ0n) is 4.43. The molecule has 0 spiro atoms. The molecule has 0 radical (unpaired) electrons. The molecule has 0 unspecified atom stereocenters. The predicted octanol–water partition coefficient (Wildman–Crippen LogP) is -0.971. The SMILES string of the molecule is N/C=C(/F)C(=O)NC=O. The van der Waals surface area contributed by atoms with E-state index in [0.717, 1.165) is 0 Å². The molecule has 50 valence electrons. The van der Waals surface area contributed by atoms with Gasteiger partial charge in [0.2, 0.25) is 12.2 Å². The number of carbonyl (C=O) groups is 2. The van der Waals surface area contributed by atoms with E-state index in [2.05, 4.69) is 5.73 Å². The third-order valence-electron chi connectivity index (χ3n) is 0.553. The van der Waals surface area contributed by atoms with Crippen LogP contribution in [0, 0.1) is 0 Å². The van der Waals surface area contributed by atoms with E-state index in [1.807, 2.05) is 0 Å². The Hall–Kier alpha value is -1.39. The van der Waals surface area contributed by atoms with Gasteiger partial charge in [0, 0.05) is 6.20 Å². The third kappa shape index (κ3) is 2.43. The number of imide groups is 1. The molecule has 0 aromatic rings. The molecule has 3 N–H and O–H groups in total. The van der Waals surface area contributed by atoms with Crippen molar-refractivity contribution in [2.45, 2.75) is 0 Å². The Morgan fingerprint density at radius 3 is 2.56 bits per heavy atom. The lowest BCUT2D eigenvalue weighted by atomic mass is 10.5. The Balaban J connectivity index is 3.88. The number of carbonyl (C=O) groups excluding carboxylic acids is 2. The van der Waals surface area contributed by atoms with Crippen LogP contribution in [0.4, 0.5) is 4.39 Å². The summed E-state index contributed by atoms with van der Waals surface area (Å²) >= 11 is 0. The molecule has 9 heavy (non-hydrogen) atoms. The zero-order valence-corrected chi connectivity index (χ0v) is 4.43. The normalized spacial score (nSPS) is 10.6. The number of amides is 2. The number of nitrogens with one attached hydrogen (secondary N) is 1. The first kappa shape index (κ1) is 7.61. The predicted molar refractivity (Wildman–Crippen MR) is 27.6 cm³/mol. The van der Waals surface area contributed by atoms with E-state index in [1.165, 1.54) is 0 Å². The van der Waals surface area contributed by atoms with Gasteiger partial charge < -0.3 is 5.73 Å². The molecule has 0 saturated heterocycles. The highest BCUT2D eigenvalue weighted by atomic mass is 19.1. The van der Waals surface area contributed by atoms with E-state index in [0.29, 0.717) is 6.20 Å². The van der Waals surface area contributed by atoms with Crippen molar-refractivity contribution >= 4 is 12.3 Å². The minimum atomic E-state index is -1.18. The molecule has 5 heteroatoms. The van der Waals surface area contributed by atoms with Crippen molar-refractivity contribution in [3.63, 3.8) is 0 Å². The fraction of sp³-hybridized carbons (Fsp3) is 0. The molecule has 0 aliphatic heterocycles. The Kier molecular flexibility index (Phi) is 3.04. The van der Waals surface area contributed by atoms with Gasteiger partial charge in [0.25, 0.3) is 5.91 Å². The molecule has 0 saturated carbocycles. The van der Waals surface area contributed by atoms with E-state index in [1.54, 1.807) is 5.32 Å². The van der Waals surface area contributed by atoms with E-state index in [4.69, 9.17) is 0 Å². The highest BCUT2D eigenvalue weighted by Gasteiger charge is 2.04. The van der Waals surface area contributed by atoms with Crippen molar-refractivity contribution < 1.29 is 14.0 Å². The second kappa shape index (κ2) is 3.59. The van der Waals surface area contributed by atoms with Crippen LogP contribution in [0.15, 0.2) is 12.0 Å². The molecular weight excluding hydrogens is 127 g/mol. The van der Waals surface area contributed by atoms with Crippen molar-refractivity contribution in [2.75, 3.05) is 0 Å². The number of hydrogen-bond acceptors (Lipinski definition) is 3. The lowest BCUT2D eigenvalue weighted by molar-refractivity contribution is -0.123. The van der Waals surface area contributed by atoms with Gasteiger partial charge in [-0.25, -0.2) is 0 Å². The summed E-state index contributed by atoms with van der Waals surface area (Å²) in [5.41, 5.74) is 4.59. The van der Waals surface area contributed by atoms with Crippen LogP contribution >= 0.6 is 0 Å². The van der Waals surface area contributed by atoms with E-state index in [9.17, 15) is 14.0 Å². The quantitative estimate of drug-likeness (QED) is 0.375. The molecule has 0 aromatic carbocycles. The summed E-state index contributed by atoms with van der Waals surface area (Å²) < 4.78 is 11.9. The maximum atomic E-state index is 11.9. The second-order valence-corrected chi connectivity index (χ2v) is 1.11. The maximum Gasteiger partial charge on any atom is 0.287 e. The Morgan fingerprint density at radius 1 is 1.67 bits per heavy atom. The molecule has 0 heterocycles. The molecule has 2 amide bonds. The second-order valence-electron chi connectivity index (χ2n) is 1.11. The highest BCUT2D eigenvalue weighted by molar-refractivity contribution is 5.97. The molecule has 0 aliphatic carbocycles. The molecule has 0 aliphatic rings. The molecule has 0 aromatic heterocycles. The van der Waals surface area contributed by atoms with Crippen LogP contribution in [0.1, 0.15) is 0 Å². The van der Waals surface area contributed by atoms with Gasteiger partial charge in [-0.3, -0.25) is 14.9 Å². The topological polar surface area (TPSA) is 72.2 Å².